The molecule has 0 unspecified atom stereocenters. The first-order valence-electron chi connectivity index (χ1n) is 6.66. The summed E-state index contributed by atoms with van der Waals surface area (Å²) in [5.74, 6) is -0.224. The van der Waals surface area contributed by atoms with Crippen LogP contribution in [-0.4, -0.2) is 25.3 Å². The number of carbonyl (C=O) groups is 1. The molecular weight excluding hydrogens is 323 g/mol. The van der Waals surface area contributed by atoms with Crippen LogP contribution in [0.2, 0.25) is 10.3 Å². The number of hydrogen-bond donors (Lipinski definition) is 0. The van der Waals surface area contributed by atoms with E-state index in [1.807, 2.05) is 18.4 Å². The first-order valence-corrected chi connectivity index (χ1v) is 7.42. The van der Waals surface area contributed by atoms with Gasteiger partial charge in [0, 0.05) is 35.0 Å². The van der Waals surface area contributed by atoms with E-state index in [0.29, 0.717) is 21.6 Å². The van der Waals surface area contributed by atoms with Crippen molar-refractivity contribution in [3.63, 3.8) is 0 Å². The molecule has 0 saturated heterocycles. The zero-order valence-electron chi connectivity index (χ0n) is 11.9. The summed E-state index contributed by atoms with van der Waals surface area (Å²) < 4.78 is 1.89. The Labute approximate surface area is 136 Å². The van der Waals surface area contributed by atoms with Gasteiger partial charge in [-0.15, -0.1) is 0 Å². The van der Waals surface area contributed by atoms with Gasteiger partial charge in [-0.1, -0.05) is 11.6 Å². The van der Waals surface area contributed by atoms with E-state index in [1.54, 1.807) is 24.5 Å². The van der Waals surface area contributed by atoms with Crippen molar-refractivity contribution in [1.29, 1.82) is 0 Å². The molecule has 0 N–H and O–H groups in total. The van der Waals surface area contributed by atoms with Crippen LogP contribution in [0.15, 0.2) is 30.7 Å². The van der Waals surface area contributed by atoms with E-state index in [2.05, 4.69) is 15.0 Å². The van der Waals surface area contributed by atoms with Gasteiger partial charge in [-0.25, -0.2) is 4.98 Å². The molecule has 0 spiro atoms. The molecule has 0 amide bonds. The Morgan fingerprint density at radius 3 is 2.73 bits per heavy atom. The molecule has 0 aliphatic rings. The standard InChI is InChI=1S/C15H12Cl2N4O/c1-8(2)21-7-11(10-6-19-15(17)20-14(10)21)13(22)12-5-9(16)3-4-18-12/h3-8H,1-2H3. The maximum Gasteiger partial charge on any atom is 0.224 e. The highest BCUT2D eigenvalue weighted by atomic mass is 35.5. The van der Waals surface area contributed by atoms with Crippen LogP contribution in [-0.2, 0) is 0 Å². The summed E-state index contributed by atoms with van der Waals surface area (Å²) in [4.78, 5) is 25.0. The van der Waals surface area contributed by atoms with Gasteiger partial charge in [0.15, 0.2) is 0 Å². The highest BCUT2D eigenvalue weighted by Gasteiger charge is 2.20. The van der Waals surface area contributed by atoms with Crippen molar-refractivity contribution in [3.05, 3.63) is 52.3 Å². The van der Waals surface area contributed by atoms with Crippen LogP contribution < -0.4 is 0 Å². The summed E-state index contributed by atoms with van der Waals surface area (Å²) in [5, 5.41) is 1.25. The topological polar surface area (TPSA) is 60.7 Å². The third kappa shape index (κ3) is 2.58. The molecule has 0 atom stereocenters. The summed E-state index contributed by atoms with van der Waals surface area (Å²) in [6, 6.07) is 3.29. The number of hydrogen-bond acceptors (Lipinski definition) is 4. The average molecular weight is 335 g/mol. The second-order valence-electron chi connectivity index (χ2n) is 5.11. The van der Waals surface area contributed by atoms with E-state index >= 15 is 0 Å². The molecule has 0 fully saturated rings. The molecule has 7 heteroatoms. The van der Waals surface area contributed by atoms with Gasteiger partial charge in [0.25, 0.3) is 0 Å². The Morgan fingerprint density at radius 2 is 2.05 bits per heavy atom. The maximum absolute atomic E-state index is 12.7. The molecule has 5 nitrogen and oxygen atoms in total. The summed E-state index contributed by atoms with van der Waals surface area (Å²) >= 11 is 11.8. The normalized spacial score (nSPS) is 11.3. The molecular formula is C15H12Cl2N4O. The van der Waals surface area contributed by atoms with Gasteiger partial charge in [0.05, 0.1) is 5.56 Å². The molecule has 22 heavy (non-hydrogen) atoms. The van der Waals surface area contributed by atoms with Gasteiger partial charge in [-0.3, -0.25) is 9.78 Å². The van der Waals surface area contributed by atoms with Gasteiger partial charge in [-0.05, 0) is 37.6 Å². The summed E-state index contributed by atoms with van der Waals surface area (Å²) in [5.41, 5.74) is 1.39. The Balaban J connectivity index is 2.21. The fourth-order valence-electron chi connectivity index (χ4n) is 2.25. The van der Waals surface area contributed by atoms with Gasteiger partial charge in [0.2, 0.25) is 11.1 Å². The minimum Gasteiger partial charge on any atom is -0.329 e. The van der Waals surface area contributed by atoms with E-state index < -0.39 is 0 Å². The van der Waals surface area contributed by atoms with Crippen LogP contribution in [0.4, 0.5) is 0 Å². The third-order valence-corrected chi connectivity index (χ3v) is 3.71. The molecule has 0 aliphatic carbocycles. The molecule has 3 aromatic rings. The van der Waals surface area contributed by atoms with Crippen LogP contribution >= 0.6 is 23.2 Å². The number of fused-ring (bicyclic) bond motifs is 1. The Hall–Kier alpha value is -1.98. The molecule has 0 aromatic carbocycles. The highest BCUT2D eigenvalue weighted by Crippen LogP contribution is 2.25. The quantitative estimate of drug-likeness (QED) is 0.537. The van der Waals surface area contributed by atoms with Crippen molar-refractivity contribution in [1.82, 2.24) is 19.5 Å². The lowest BCUT2D eigenvalue weighted by atomic mass is 10.1. The van der Waals surface area contributed by atoms with Gasteiger partial charge >= 0.3 is 0 Å². The SMILES string of the molecule is CC(C)n1cc(C(=O)c2cc(Cl)ccn2)c2cnc(Cl)nc21. The molecule has 0 saturated carbocycles. The van der Waals surface area contributed by atoms with Gasteiger partial charge < -0.3 is 4.57 Å². The summed E-state index contributed by atoms with van der Waals surface area (Å²) in [6.07, 6.45) is 4.82. The minimum absolute atomic E-state index is 0.127. The van der Waals surface area contributed by atoms with E-state index in [-0.39, 0.29) is 22.8 Å². The fourth-order valence-corrected chi connectivity index (χ4v) is 2.54. The second kappa shape index (κ2) is 5.66. The average Bonchev–Trinajstić information content (AvgIpc) is 2.85. The van der Waals surface area contributed by atoms with Crippen LogP contribution in [0.3, 0.4) is 0 Å². The van der Waals surface area contributed by atoms with E-state index in [1.165, 1.54) is 6.20 Å². The molecule has 0 bridgehead atoms. The molecule has 112 valence electrons. The number of halogens is 2. The number of carbonyl (C=O) groups excluding carboxylic acids is 1. The minimum atomic E-state index is -0.224. The number of aromatic nitrogens is 4. The van der Waals surface area contributed by atoms with Crippen molar-refractivity contribution in [2.75, 3.05) is 0 Å². The first kappa shape index (κ1) is 14.9. The number of pyridine rings is 1. The first-order chi connectivity index (χ1) is 10.5. The third-order valence-electron chi connectivity index (χ3n) is 3.30. The number of rotatable bonds is 3. The van der Waals surface area contributed by atoms with Gasteiger partial charge in [0.1, 0.15) is 11.3 Å². The predicted octanol–water partition coefficient (Wildman–Crippen LogP) is 3.95. The smallest absolute Gasteiger partial charge is 0.224 e. The van der Waals surface area contributed by atoms with Crippen molar-refractivity contribution in [2.45, 2.75) is 19.9 Å². The highest BCUT2D eigenvalue weighted by molar-refractivity contribution is 6.31. The van der Waals surface area contributed by atoms with Crippen molar-refractivity contribution >= 4 is 40.0 Å². The number of ketones is 1. The lowest BCUT2D eigenvalue weighted by molar-refractivity contribution is 0.103. The fraction of sp³-hybridized carbons (Fsp3) is 0.200. The predicted molar refractivity (Wildman–Crippen MR) is 85.6 cm³/mol. The summed E-state index contributed by atoms with van der Waals surface area (Å²) in [7, 11) is 0. The van der Waals surface area contributed by atoms with Crippen LogP contribution in [0, 0.1) is 0 Å². The van der Waals surface area contributed by atoms with Crippen molar-refractivity contribution in [2.24, 2.45) is 0 Å². The molecule has 3 aromatic heterocycles. The summed E-state index contributed by atoms with van der Waals surface area (Å²) in [6.45, 7) is 4.00. The van der Waals surface area contributed by atoms with E-state index in [9.17, 15) is 4.79 Å². The van der Waals surface area contributed by atoms with E-state index in [4.69, 9.17) is 23.2 Å². The monoisotopic (exact) mass is 334 g/mol. The zero-order valence-corrected chi connectivity index (χ0v) is 13.4. The largest absolute Gasteiger partial charge is 0.329 e. The maximum atomic E-state index is 12.7. The van der Waals surface area contributed by atoms with Crippen LogP contribution in [0.25, 0.3) is 11.0 Å². The molecule has 3 heterocycles. The van der Waals surface area contributed by atoms with Crippen molar-refractivity contribution < 1.29 is 4.79 Å². The Bertz CT molecular complexity index is 873. The van der Waals surface area contributed by atoms with E-state index in [0.717, 1.165) is 0 Å². The Kier molecular flexibility index (Phi) is 3.85. The molecule has 0 aliphatic heterocycles. The van der Waals surface area contributed by atoms with Crippen LogP contribution in [0.5, 0.6) is 0 Å². The van der Waals surface area contributed by atoms with Gasteiger partial charge in [-0.2, -0.15) is 4.98 Å². The Morgan fingerprint density at radius 1 is 1.27 bits per heavy atom. The molecule has 0 radical (unpaired) electrons. The van der Waals surface area contributed by atoms with Crippen molar-refractivity contribution in [3.8, 4) is 0 Å². The second-order valence-corrected chi connectivity index (χ2v) is 5.88. The lowest BCUT2D eigenvalue weighted by Gasteiger charge is -2.07. The van der Waals surface area contributed by atoms with Crippen LogP contribution in [0.1, 0.15) is 35.9 Å². The lowest BCUT2D eigenvalue weighted by Crippen LogP contribution is -2.04. The number of nitrogens with zero attached hydrogens (tertiary/aromatic N) is 4. The molecule has 3 rings (SSSR count). The zero-order chi connectivity index (χ0) is 15.9.